The summed E-state index contributed by atoms with van der Waals surface area (Å²) in [6, 6.07) is 2.64. The SMILES string of the molecule is CCC1CCCCN1C(=O)NCc1sccc1C. The number of hydrogen-bond acceptors (Lipinski definition) is 2. The Morgan fingerprint density at radius 3 is 3.06 bits per heavy atom. The number of nitrogens with one attached hydrogen (secondary N) is 1. The number of nitrogens with zero attached hydrogens (tertiary/aromatic N) is 1. The Hall–Kier alpha value is -1.03. The Balaban J connectivity index is 1.89. The van der Waals surface area contributed by atoms with Crippen molar-refractivity contribution in [2.45, 2.75) is 52.1 Å². The third-order valence-corrected chi connectivity index (χ3v) is 4.75. The maximum Gasteiger partial charge on any atom is 0.317 e. The number of amides is 2. The zero-order valence-corrected chi connectivity index (χ0v) is 12.1. The van der Waals surface area contributed by atoms with Crippen LogP contribution in [-0.2, 0) is 6.54 Å². The minimum Gasteiger partial charge on any atom is -0.333 e. The molecule has 0 radical (unpaired) electrons. The Morgan fingerprint density at radius 1 is 1.56 bits per heavy atom. The van der Waals surface area contributed by atoms with Crippen LogP contribution in [0.3, 0.4) is 0 Å². The second-order valence-electron chi connectivity index (χ2n) is 4.94. The lowest BCUT2D eigenvalue weighted by Crippen LogP contribution is -2.48. The van der Waals surface area contributed by atoms with Gasteiger partial charge in [0, 0.05) is 17.5 Å². The molecule has 1 unspecified atom stereocenters. The Labute approximate surface area is 113 Å². The third kappa shape index (κ3) is 3.05. The summed E-state index contributed by atoms with van der Waals surface area (Å²) in [6.45, 7) is 5.83. The molecule has 0 bridgehead atoms. The molecular formula is C14H22N2OS. The number of piperidine rings is 1. The first-order valence-electron chi connectivity index (χ1n) is 6.79. The van der Waals surface area contributed by atoms with E-state index in [1.165, 1.54) is 16.9 Å². The van der Waals surface area contributed by atoms with Crippen molar-refractivity contribution in [2.24, 2.45) is 0 Å². The summed E-state index contributed by atoms with van der Waals surface area (Å²) < 4.78 is 0. The topological polar surface area (TPSA) is 32.3 Å². The zero-order chi connectivity index (χ0) is 13.0. The fourth-order valence-electron chi connectivity index (χ4n) is 2.54. The summed E-state index contributed by atoms with van der Waals surface area (Å²) in [5.41, 5.74) is 1.27. The van der Waals surface area contributed by atoms with E-state index in [0.717, 1.165) is 25.8 Å². The number of likely N-dealkylation sites (tertiary alicyclic amines) is 1. The first kappa shape index (κ1) is 13.4. The molecule has 2 amide bonds. The van der Waals surface area contributed by atoms with Crippen molar-refractivity contribution in [3.63, 3.8) is 0 Å². The van der Waals surface area contributed by atoms with Crippen LogP contribution in [0.4, 0.5) is 4.79 Å². The highest BCUT2D eigenvalue weighted by molar-refractivity contribution is 7.10. The van der Waals surface area contributed by atoms with E-state index in [9.17, 15) is 4.79 Å². The molecule has 1 atom stereocenters. The molecule has 1 aromatic heterocycles. The maximum absolute atomic E-state index is 12.2. The number of aryl methyl sites for hydroxylation is 1. The van der Waals surface area contributed by atoms with Crippen LogP contribution in [0.25, 0.3) is 0 Å². The molecule has 0 aliphatic carbocycles. The van der Waals surface area contributed by atoms with Crippen LogP contribution in [0.1, 0.15) is 43.0 Å². The third-order valence-electron chi connectivity index (χ3n) is 3.73. The largest absolute Gasteiger partial charge is 0.333 e. The molecule has 1 aliphatic rings. The molecule has 2 heterocycles. The zero-order valence-electron chi connectivity index (χ0n) is 11.2. The molecule has 1 aliphatic heterocycles. The molecule has 18 heavy (non-hydrogen) atoms. The van der Waals surface area contributed by atoms with Gasteiger partial charge >= 0.3 is 6.03 Å². The van der Waals surface area contributed by atoms with Gasteiger partial charge in [0.2, 0.25) is 0 Å². The molecule has 0 spiro atoms. The molecule has 1 aromatic rings. The second kappa shape index (κ2) is 6.23. The Kier molecular flexibility index (Phi) is 4.64. The number of thiophene rings is 1. The molecule has 1 fully saturated rings. The van der Waals surface area contributed by atoms with Gasteiger partial charge < -0.3 is 10.2 Å². The summed E-state index contributed by atoms with van der Waals surface area (Å²) in [5.74, 6) is 0. The highest BCUT2D eigenvalue weighted by atomic mass is 32.1. The van der Waals surface area contributed by atoms with Crippen LogP contribution in [0, 0.1) is 6.92 Å². The van der Waals surface area contributed by atoms with Crippen LogP contribution < -0.4 is 5.32 Å². The lowest BCUT2D eigenvalue weighted by Gasteiger charge is -2.35. The number of urea groups is 1. The van der Waals surface area contributed by atoms with Crippen LogP contribution in [0.2, 0.25) is 0 Å². The van der Waals surface area contributed by atoms with E-state index < -0.39 is 0 Å². The van der Waals surface area contributed by atoms with Gasteiger partial charge in [-0.25, -0.2) is 4.79 Å². The molecule has 0 saturated carbocycles. The second-order valence-corrected chi connectivity index (χ2v) is 5.94. The quantitative estimate of drug-likeness (QED) is 0.892. The molecule has 0 aromatic carbocycles. The van der Waals surface area contributed by atoms with Crippen molar-refractivity contribution in [3.05, 3.63) is 21.9 Å². The number of hydrogen-bond donors (Lipinski definition) is 1. The van der Waals surface area contributed by atoms with Gasteiger partial charge in [0.1, 0.15) is 0 Å². The van der Waals surface area contributed by atoms with E-state index in [4.69, 9.17) is 0 Å². The fraction of sp³-hybridized carbons (Fsp3) is 0.643. The van der Waals surface area contributed by atoms with Gasteiger partial charge in [0.15, 0.2) is 0 Å². The van der Waals surface area contributed by atoms with Gasteiger partial charge in [-0.15, -0.1) is 11.3 Å². The van der Waals surface area contributed by atoms with Crippen LogP contribution >= 0.6 is 11.3 Å². The van der Waals surface area contributed by atoms with Crippen molar-refractivity contribution >= 4 is 17.4 Å². The van der Waals surface area contributed by atoms with Crippen LogP contribution in [0.15, 0.2) is 11.4 Å². The molecule has 1 saturated heterocycles. The van der Waals surface area contributed by atoms with Crippen LogP contribution in [0.5, 0.6) is 0 Å². The van der Waals surface area contributed by atoms with Gasteiger partial charge in [-0.1, -0.05) is 6.92 Å². The molecular weight excluding hydrogens is 244 g/mol. The highest BCUT2D eigenvalue weighted by Gasteiger charge is 2.24. The lowest BCUT2D eigenvalue weighted by molar-refractivity contribution is 0.148. The summed E-state index contributed by atoms with van der Waals surface area (Å²) in [5, 5.41) is 5.13. The molecule has 2 rings (SSSR count). The summed E-state index contributed by atoms with van der Waals surface area (Å²) in [7, 11) is 0. The minimum atomic E-state index is 0.106. The minimum absolute atomic E-state index is 0.106. The first-order chi connectivity index (χ1) is 8.72. The van der Waals surface area contributed by atoms with Crippen molar-refractivity contribution in [2.75, 3.05) is 6.54 Å². The summed E-state index contributed by atoms with van der Waals surface area (Å²) in [6.07, 6.45) is 4.61. The van der Waals surface area contributed by atoms with Crippen molar-refractivity contribution < 1.29 is 4.79 Å². The maximum atomic E-state index is 12.2. The molecule has 100 valence electrons. The normalized spacial score (nSPS) is 19.9. The summed E-state index contributed by atoms with van der Waals surface area (Å²) in [4.78, 5) is 15.5. The predicted octanol–water partition coefficient (Wildman–Crippen LogP) is 3.53. The van der Waals surface area contributed by atoms with E-state index in [1.54, 1.807) is 11.3 Å². The fourth-order valence-corrected chi connectivity index (χ4v) is 3.38. The van der Waals surface area contributed by atoms with Gasteiger partial charge in [0.25, 0.3) is 0 Å². The van der Waals surface area contributed by atoms with E-state index in [1.807, 2.05) is 4.90 Å². The van der Waals surface area contributed by atoms with E-state index in [0.29, 0.717) is 12.6 Å². The van der Waals surface area contributed by atoms with Crippen molar-refractivity contribution in [1.29, 1.82) is 0 Å². The van der Waals surface area contributed by atoms with Gasteiger partial charge in [-0.05, 0) is 49.6 Å². The molecule has 4 heteroatoms. The van der Waals surface area contributed by atoms with Crippen LogP contribution in [-0.4, -0.2) is 23.5 Å². The smallest absolute Gasteiger partial charge is 0.317 e. The van der Waals surface area contributed by atoms with E-state index in [-0.39, 0.29) is 6.03 Å². The van der Waals surface area contributed by atoms with Crippen molar-refractivity contribution in [3.8, 4) is 0 Å². The van der Waals surface area contributed by atoms with E-state index >= 15 is 0 Å². The predicted molar refractivity (Wildman–Crippen MR) is 75.9 cm³/mol. The number of carbonyl (C=O) groups excluding carboxylic acids is 1. The average Bonchev–Trinajstić information content (AvgIpc) is 2.81. The lowest BCUT2D eigenvalue weighted by atomic mass is 10.0. The van der Waals surface area contributed by atoms with Gasteiger partial charge in [0.05, 0.1) is 6.54 Å². The first-order valence-corrected chi connectivity index (χ1v) is 7.67. The molecule has 3 nitrogen and oxygen atoms in total. The average molecular weight is 266 g/mol. The monoisotopic (exact) mass is 266 g/mol. The molecule has 1 N–H and O–H groups in total. The van der Waals surface area contributed by atoms with E-state index in [2.05, 4.69) is 30.6 Å². The highest BCUT2D eigenvalue weighted by Crippen LogP contribution is 2.20. The Bertz CT molecular complexity index is 402. The van der Waals surface area contributed by atoms with Gasteiger partial charge in [-0.2, -0.15) is 0 Å². The number of rotatable bonds is 3. The summed E-state index contributed by atoms with van der Waals surface area (Å²) >= 11 is 1.71. The standard InChI is InChI=1S/C14H22N2OS/c1-3-12-6-4-5-8-16(12)14(17)15-10-13-11(2)7-9-18-13/h7,9,12H,3-6,8,10H2,1-2H3,(H,15,17). The van der Waals surface area contributed by atoms with Gasteiger partial charge in [-0.3, -0.25) is 0 Å². The van der Waals surface area contributed by atoms with Crippen molar-refractivity contribution in [1.82, 2.24) is 10.2 Å². The number of carbonyl (C=O) groups is 1. The Morgan fingerprint density at radius 2 is 2.39 bits per heavy atom.